The quantitative estimate of drug-likeness (QED) is 0.785. The van der Waals surface area contributed by atoms with Crippen molar-refractivity contribution < 1.29 is 9.53 Å². The van der Waals surface area contributed by atoms with Crippen molar-refractivity contribution in [3.05, 3.63) is 29.6 Å². The molecule has 1 aromatic heterocycles. The summed E-state index contributed by atoms with van der Waals surface area (Å²) in [6, 6.07) is 4.12. The van der Waals surface area contributed by atoms with Gasteiger partial charge in [-0.05, 0) is 31.4 Å². The van der Waals surface area contributed by atoms with Crippen LogP contribution in [-0.4, -0.2) is 42.1 Å². The van der Waals surface area contributed by atoms with Crippen LogP contribution in [0.25, 0.3) is 0 Å². The molecule has 17 heavy (non-hydrogen) atoms. The molecule has 0 radical (unpaired) electrons. The van der Waals surface area contributed by atoms with Crippen molar-refractivity contribution in [2.45, 2.75) is 19.8 Å². The summed E-state index contributed by atoms with van der Waals surface area (Å²) in [4.78, 5) is 17.6. The number of morpholine rings is 1. The van der Waals surface area contributed by atoms with Gasteiger partial charge in [0, 0.05) is 25.0 Å². The molecule has 2 heterocycles. The predicted molar refractivity (Wildman–Crippen MR) is 64.7 cm³/mol. The summed E-state index contributed by atoms with van der Waals surface area (Å²) in [6.45, 7) is 4.43. The molecular weight excluding hydrogens is 216 g/mol. The topological polar surface area (TPSA) is 42.4 Å². The number of hydrogen-bond acceptors (Lipinski definition) is 3. The number of carbonyl (C=O) groups is 1. The van der Waals surface area contributed by atoms with Crippen molar-refractivity contribution in [2.75, 3.05) is 26.3 Å². The first-order valence-electron chi connectivity index (χ1n) is 6.03. The van der Waals surface area contributed by atoms with E-state index in [0.717, 1.165) is 31.6 Å². The van der Waals surface area contributed by atoms with E-state index >= 15 is 0 Å². The van der Waals surface area contributed by atoms with Crippen LogP contribution >= 0.6 is 0 Å². The number of pyridine rings is 1. The number of ether oxygens (including phenoxy) is 1. The molecule has 1 aliphatic rings. The fourth-order valence-electron chi connectivity index (χ4n) is 1.91. The highest BCUT2D eigenvalue weighted by molar-refractivity contribution is 5.77. The Morgan fingerprint density at radius 2 is 2.35 bits per heavy atom. The minimum Gasteiger partial charge on any atom is -0.370 e. The fraction of sp³-hybridized carbons (Fsp3) is 0.538. The smallest absolute Gasteiger partial charge is 0.248 e. The molecule has 1 aliphatic heterocycles. The van der Waals surface area contributed by atoms with Crippen LogP contribution in [0.3, 0.4) is 0 Å². The summed E-state index contributed by atoms with van der Waals surface area (Å²) >= 11 is 0. The van der Waals surface area contributed by atoms with Gasteiger partial charge < -0.3 is 9.64 Å². The molecule has 0 unspecified atom stereocenters. The molecule has 1 amide bonds. The molecule has 1 saturated heterocycles. The number of rotatable bonds is 4. The summed E-state index contributed by atoms with van der Waals surface area (Å²) in [5.41, 5.74) is 2.27. The Hall–Kier alpha value is -1.42. The minimum absolute atomic E-state index is 0.110. The monoisotopic (exact) mass is 234 g/mol. The average Bonchev–Trinajstić information content (AvgIpc) is 2.34. The normalized spacial score (nSPS) is 16.3. The lowest BCUT2D eigenvalue weighted by Gasteiger charge is -2.26. The summed E-state index contributed by atoms with van der Waals surface area (Å²) in [5, 5.41) is 0. The van der Waals surface area contributed by atoms with Crippen molar-refractivity contribution >= 4 is 5.91 Å². The van der Waals surface area contributed by atoms with E-state index < -0.39 is 0 Å². The molecule has 0 aromatic carbocycles. The highest BCUT2D eigenvalue weighted by Gasteiger charge is 2.17. The second kappa shape index (κ2) is 5.77. The molecule has 0 aliphatic carbocycles. The Kier molecular flexibility index (Phi) is 4.09. The van der Waals surface area contributed by atoms with Gasteiger partial charge in [0.1, 0.15) is 6.61 Å². The van der Waals surface area contributed by atoms with Crippen molar-refractivity contribution in [1.29, 1.82) is 0 Å². The summed E-state index contributed by atoms with van der Waals surface area (Å²) in [6.07, 6.45) is 3.87. The van der Waals surface area contributed by atoms with Crippen LogP contribution in [0.4, 0.5) is 0 Å². The molecule has 0 spiro atoms. The van der Waals surface area contributed by atoms with Crippen molar-refractivity contribution in [3.63, 3.8) is 0 Å². The Morgan fingerprint density at radius 3 is 3.06 bits per heavy atom. The molecule has 92 valence electrons. The Morgan fingerprint density at radius 1 is 1.47 bits per heavy atom. The first kappa shape index (κ1) is 12.0. The van der Waals surface area contributed by atoms with E-state index in [1.165, 1.54) is 5.56 Å². The van der Waals surface area contributed by atoms with Gasteiger partial charge in [0.25, 0.3) is 0 Å². The van der Waals surface area contributed by atoms with Crippen LogP contribution in [0, 0.1) is 6.92 Å². The first-order valence-corrected chi connectivity index (χ1v) is 6.03. The van der Waals surface area contributed by atoms with Crippen LogP contribution in [0.1, 0.15) is 17.7 Å². The number of aromatic nitrogens is 1. The number of amides is 1. The highest BCUT2D eigenvalue weighted by Crippen LogP contribution is 2.05. The number of nitrogens with zero attached hydrogens (tertiary/aromatic N) is 2. The molecule has 0 atom stereocenters. The molecule has 0 N–H and O–H groups in total. The molecule has 0 bridgehead atoms. The van der Waals surface area contributed by atoms with Crippen molar-refractivity contribution in [3.8, 4) is 0 Å². The third kappa shape index (κ3) is 3.53. The fourth-order valence-corrected chi connectivity index (χ4v) is 1.91. The van der Waals surface area contributed by atoms with Crippen LogP contribution < -0.4 is 0 Å². The van der Waals surface area contributed by atoms with E-state index in [-0.39, 0.29) is 12.5 Å². The van der Waals surface area contributed by atoms with Crippen LogP contribution in [0.5, 0.6) is 0 Å². The van der Waals surface area contributed by atoms with Gasteiger partial charge in [-0.3, -0.25) is 9.78 Å². The Labute approximate surface area is 102 Å². The van der Waals surface area contributed by atoms with Gasteiger partial charge >= 0.3 is 0 Å². The second-order valence-electron chi connectivity index (χ2n) is 4.34. The van der Waals surface area contributed by atoms with E-state index in [2.05, 4.69) is 11.1 Å². The molecule has 4 nitrogen and oxygen atoms in total. The predicted octanol–water partition coefficient (Wildman–Crippen LogP) is 1.18. The van der Waals surface area contributed by atoms with Gasteiger partial charge in [-0.25, -0.2) is 0 Å². The largest absolute Gasteiger partial charge is 0.370 e. The highest BCUT2D eigenvalue weighted by atomic mass is 16.5. The van der Waals surface area contributed by atoms with E-state index in [9.17, 15) is 4.79 Å². The molecular formula is C13H18N2O2. The Bertz CT molecular complexity index is 376. The maximum Gasteiger partial charge on any atom is 0.248 e. The summed E-state index contributed by atoms with van der Waals surface area (Å²) in [7, 11) is 0. The maximum absolute atomic E-state index is 11.5. The molecule has 1 aromatic rings. The third-order valence-corrected chi connectivity index (χ3v) is 2.95. The lowest BCUT2D eigenvalue weighted by atomic mass is 10.1. The van der Waals surface area contributed by atoms with E-state index in [4.69, 9.17) is 4.74 Å². The van der Waals surface area contributed by atoms with E-state index in [1.54, 1.807) is 0 Å². The lowest BCUT2D eigenvalue weighted by Crippen LogP contribution is -2.42. The van der Waals surface area contributed by atoms with Gasteiger partial charge in [-0.1, -0.05) is 6.07 Å². The zero-order valence-electron chi connectivity index (χ0n) is 10.2. The van der Waals surface area contributed by atoms with Crippen LogP contribution in [-0.2, 0) is 16.0 Å². The van der Waals surface area contributed by atoms with E-state index in [0.29, 0.717) is 6.61 Å². The molecule has 2 rings (SSSR count). The summed E-state index contributed by atoms with van der Waals surface area (Å²) < 4.78 is 5.09. The van der Waals surface area contributed by atoms with Gasteiger partial charge in [0.15, 0.2) is 0 Å². The van der Waals surface area contributed by atoms with Gasteiger partial charge in [-0.2, -0.15) is 0 Å². The van der Waals surface area contributed by atoms with Crippen LogP contribution in [0.2, 0.25) is 0 Å². The number of carbonyl (C=O) groups excluding carboxylic acids is 1. The summed E-state index contributed by atoms with van der Waals surface area (Å²) in [5.74, 6) is 0.110. The Balaban J connectivity index is 1.75. The first-order chi connectivity index (χ1) is 8.25. The third-order valence-electron chi connectivity index (χ3n) is 2.95. The molecule has 1 fully saturated rings. The average molecular weight is 234 g/mol. The lowest BCUT2D eigenvalue weighted by molar-refractivity contribution is -0.142. The molecule has 0 saturated carbocycles. The standard InChI is InChI=1S/C13H18N2O2/c1-11-4-5-12(9-14-11)3-2-6-15-7-8-17-10-13(15)16/h4-5,9H,2-3,6-8,10H2,1H3. The minimum atomic E-state index is 0.110. The van der Waals surface area contributed by atoms with Gasteiger partial charge in [0.05, 0.1) is 6.61 Å². The zero-order chi connectivity index (χ0) is 12.1. The van der Waals surface area contributed by atoms with Gasteiger partial charge in [-0.15, -0.1) is 0 Å². The number of hydrogen-bond donors (Lipinski definition) is 0. The zero-order valence-corrected chi connectivity index (χ0v) is 10.2. The van der Waals surface area contributed by atoms with Crippen molar-refractivity contribution in [1.82, 2.24) is 9.88 Å². The SMILES string of the molecule is Cc1ccc(CCCN2CCOCC2=O)cn1. The number of aryl methyl sites for hydroxylation is 2. The van der Waals surface area contributed by atoms with Crippen molar-refractivity contribution in [2.24, 2.45) is 0 Å². The van der Waals surface area contributed by atoms with Gasteiger partial charge in [0.2, 0.25) is 5.91 Å². The molecule has 4 heteroatoms. The van der Waals surface area contributed by atoms with E-state index in [1.807, 2.05) is 24.1 Å². The second-order valence-corrected chi connectivity index (χ2v) is 4.34. The maximum atomic E-state index is 11.5. The van der Waals surface area contributed by atoms with Crippen LogP contribution in [0.15, 0.2) is 18.3 Å².